The molecule has 1 unspecified atom stereocenters. The number of amides is 1. The van der Waals surface area contributed by atoms with Crippen LogP contribution in [0.25, 0.3) is 0 Å². The number of aliphatic hydroxyl groups is 1. The zero-order chi connectivity index (χ0) is 27.2. The van der Waals surface area contributed by atoms with Crippen LogP contribution in [0.4, 0.5) is 28.9 Å². The van der Waals surface area contributed by atoms with Crippen LogP contribution in [0.3, 0.4) is 0 Å². The van der Waals surface area contributed by atoms with Crippen molar-refractivity contribution in [3.05, 3.63) is 78.1 Å². The lowest BCUT2D eigenvalue weighted by atomic mass is 9.99. The molecule has 198 valence electrons. The number of aliphatic hydroxyl groups excluding tert-OH is 1. The number of anilines is 2. The lowest BCUT2D eigenvalue weighted by molar-refractivity contribution is -0.275. The molecule has 0 bridgehead atoms. The number of alkyl halides is 3. The third kappa shape index (κ3) is 7.33. The van der Waals surface area contributed by atoms with Crippen LogP contribution in [-0.2, 0) is 14.8 Å². The number of benzene rings is 3. The Morgan fingerprint density at radius 1 is 1.00 bits per heavy atom. The first-order valence-electron chi connectivity index (χ1n) is 10.7. The number of halogens is 4. The van der Waals surface area contributed by atoms with E-state index in [2.05, 4.69) is 14.8 Å². The first-order valence-corrected chi connectivity index (χ1v) is 12.2. The minimum absolute atomic E-state index is 0.0450. The van der Waals surface area contributed by atoms with E-state index in [9.17, 15) is 35.9 Å². The summed E-state index contributed by atoms with van der Waals surface area (Å²) >= 11 is 0. The van der Waals surface area contributed by atoms with E-state index >= 15 is 0 Å². The van der Waals surface area contributed by atoms with Gasteiger partial charge >= 0.3 is 6.36 Å². The summed E-state index contributed by atoms with van der Waals surface area (Å²) in [6, 6.07) is 14.3. The van der Waals surface area contributed by atoms with Crippen molar-refractivity contribution < 1.29 is 45.4 Å². The third-order valence-electron chi connectivity index (χ3n) is 4.91. The SMILES string of the molecule is CCOc1cc(NC(=O)C(CO)c2ccccc2)ccc1S(=O)(=O)Nc1ccc(F)c(OC(F)(F)F)c1. The van der Waals surface area contributed by atoms with Crippen molar-refractivity contribution in [3.63, 3.8) is 0 Å². The minimum Gasteiger partial charge on any atom is -0.492 e. The quantitative estimate of drug-likeness (QED) is 0.322. The molecule has 0 fully saturated rings. The fraction of sp³-hybridized carbons (Fsp3) is 0.208. The number of hydrogen-bond acceptors (Lipinski definition) is 6. The zero-order valence-electron chi connectivity index (χ0n) is 19.3. The maximum atomic E-state index is 13.7. The van der Waals surface area contributed by atoms with Gasteiger partial charge in [-0.2, -0.15) is 0 Å². The van der Waals surface area contributed by atoms with Gasteiger partial charge in [0.05, 0.1) is 24.8 Å². The van der Waals surface area contributed by atoms with Crippen LogP contribution < -0.4 is 19.5 Å². The van der Waals surface area contributed by atoms with Gasteiger partial charge in [-0.15, -0.1) is 13.2 Å². The second kappa shape index (κ2) is 11.5. The predicted octanol–water partition coefficient (Wildman–Crippen LogP) is 4.64. The molecule has 13 heteroatoms. The summed E-state index contributed by atoms with van der Waals surface area (Å²) in [7, 11) is -4.44. The summed E-state index contributed by atoms with van der Waals surface area (Å²) in [6.45, 7) is 1.17. The van der Waals surface area contributed by atoms with Gasteiger partial charge in [-0.1, -0.05) is 30.3 Å². The van der Waals surface area contributed by atoms with Crippen LogP contribution in [0.1, 0.15) is 18.4 Å². The highest BCUT2D eigenvalue weighted by Crippen LogP contribution is 2.32. The molecule has 0 spiro atoms. The highest BCUT2D eigenvalue weighted by atomic mass is 32.2. The lowest BCUT2D eigenvalue weighted by Crippen LogP contribution is -2.24. The zero-order valence-corrected chi connectivity index (χ0v) is 20.1. The molecular weight excluding hydrogens is 520 g/mol. The van der Waals surface area contributed by atoms with Crippen molar-refractivity contribution in [2.24, 2.45) is 0 Å². The van der Waals surface area contributed by atoms with E-state index < -0.39 is 57.0 Å². The van der Waals surface area contributed by atoms with Gasteiger partial charge in [0, 0.05) is 17.8 Å². The molecule has 0 aliphatic carbocycles. The van der Waals surface area contributed by atoms with E-state index in [1.165, 1.54) is 12.1 Å². The van der Waals surface area contributed by atoms with E-state index in [1.807, 2.05) is 0 Å². The number of carbonyl (C=O) groups excluding carboxylic acids is 1. The van der Waals surface area contributed by atoms with Gasteiger partial charge in [-0.05, 0) is 36.8 Å². The van der Waals surface area contributed by atoms with Crippen LogP contribution >= 0.6 is 0 Å². The molecule has 0 aliphatic rings. The number of nitrogens with one attached hydrogen (secondary N) is 2. The first-order chi connectivity index (χ1) is 17.4. The number of hydrogen-bond donors (Lipinski definition) is 3. The molecule has 3 aromatic rings. The molecular formula is C24H22F4N2O6S. The van der Waals surface area contributed by atoms with Crippen LogP contribution in [0.2, 0.25) is 0 Å². The Bertz CT molecular complexity index is 1350. The van der Waals surface area contributed by atoms with Gasteiger partial charge < -0.3 is 19.9 Å². The number of sulfonamides is 1. The van der Waals surface area contributed by atoms with Crippen LogP contribution in [-0.4, -0.2) is 39.0 Å². The van der Waals surface area contributed by atoms with Crippen molar-refractivity contribution in [3.8, 4) is 11.5 Å². The van der Waals surface area contributed by atoms with E-state index in [-0.39, 0.29) is 18.0 Å². The van der Waals surface area contributed by atoms with E-state index in [0.717, 1.165) is 12.1 Å². The van der Waals surface area contributed by atoms with Crippen molar-refractivity contribution >= 4 is 27.3 Å². The van der Waals surface area contributed by atoms with Gasteiger partial charge in [-0.25, -0.2) is 12.8 Å². The predicted molar refractivity (Wildman–Crippen MR) is 126 cm³/mol. The summed E-state index contributed by atoms with van der Waals surface area (Å²) in [6.07, 6.45) is -5.18. The average Bonchev–Trinajstić information content (AvgIpc) is 2.81. The first kappa shape index (κ1) is 27.7. The molecule has 0 aliphatic heterocycles. The monoisotopic (exact) mass is 542 g/mol. The highest BCUT2D eigenvalue weighted by molar-refractivity contribution is 7.92. The molecule has 0 radical (unpaired) electrons. The summed E-state index contributed by atoms with van der Waals surface area (Å²) < 4.78 is 88.2. The number of carbonyl (C=O) groups is 1. The van der Waals surface area contributed by atoms with Crippen molar-refractivity contribution in [2.45, 2.75) is 24.1 Å². The fourth-order valence-electron chi connectivity index (χ4n) is 3.31. The van der Waals surface area contributed by atoms with E-state index in [1.54, 1.807) is 37.3 Å². The van der Waals surface area contributed by atoms with Gasteiger partial charge in [0.15, 0.2) is 11.6 Å². The maximum Gasteiger partial charge on any atom is 0.573 e. The molecule has 3 rings (SSSR count). The maximum absolute atomic E-state index is 13.7. The van der Waals surface area contributed by atoms with Gasteiger partial charge in [0.1, 0.15) is 10.6 Å². The topological polar surface area (TPSA) is 114 Å². The van der Waals surface area contributed by atoms with Crippen molar-refractivity contribution in [1.82, 2.24) is 0 Å². The molecule has 3 aromatic carbocycles. The molecule has 37 heavy (non-hydrogen) atoms. The second-order valence-corrected chi connectivity index (χ2v) is 9.18. The molecule has 0 aromatic heterocycles. The molecule has 0 saturated carbocycles. The van der Waals surface area contributed by atoms with Gasteiger partial charge in [0.2, 0.25) is 5.91 Å². The van der Waals surface area contributed by atoms with Gasteiger partial charge in [-0.3, -0.25) is 9.52 Å². The normalized spacial score (nSPS) is 12.5. The Kier molecular flexibility index (Phi) is 8.61. The third-order valence-corrected chi connectivity index (χ3v) is 6.33. The Balaban J connectivity index is 1.86. The number of rotatable bonds is 10. The van der Waals surface area contributed by atoms with Crippen molar-refractivity contribution in [1.29, 1.82) is 0 Å². The van der Waals surface area contributed by atoms with Gasteiger partial charge in [0.25, 0.3) is 10.0 Å². The van der Waals surface area contributed by atoms with Crippen molar-refractivity contribution in [2.75, 3.05) is 23.3 Å². The van der Waals surface area contributed by atoms with E-state index in [0.29, 0.717) is 17.7 Å². The summed E-state index contributed by atoms with van der Waals surface area (Å²) in [5.41, 5.74) is 0.350. The smallest absolute Gasteiger partial charge is 0.492 e. The molecule has 3 N–H and O–H groups in total. The average molecular weight is 543 g/mol. The largest absolute Gasteiger partial charge is 0.573 e. The Morgan fingerprint density at radius 2 is 1.65 bits per heavy atom. The molecule has 0 saturated heterocycles. The summed E-state index contributed by atoms with van der Waals surface area (Å²) in [5, 5.41) is 12.3. The minimum atomic E-state index is -5.18. The second-order valence-electron chi connectivity index (χ2n) is 7.53. The van der Waals surface area contributed by atoms with Crippen LogP contribution in [0, 0.1) is 5.82 Å². The highest BCUT2D eigenvalue weighted by Gasteiger charge is 2.33. The standard InChI is InChI=1S/C24H22F4N2O6S/c1-2-35-21-12-16(29-23(32)18(14-31)15-6-4-3-5-7-15)9-11-22(21)37(33,34)30-17-8-10-19(25)20(13-17)36-24(26,27)28/h3-13,18,30-31H,2,14H2,1H3,(H,29,32). The molecule has 1 atom stereocenters. The Hall–Kier alpha value is -3.84. The Labute approximate surface area is 209 Å². The molecule has 1 amide bonds. The van der Waals surface area contributed by atoms with E-state index in [4.69, 9.17) is 4.74 Å². The van der Waals surface area contributed by atoms with Crippen LogP contribution in [0.5, 0.6) is 11.5 Å². The summed E-state index contributed by atoms with van der Waals surface area (Å²) in [4.78, 5) is 12.3. The lowest BCUT2D eigenvalue weighted by Gasteiger charge is -2.17. The molecule has 8 nitrogen and oxygen atoms in total. The Morgan fingerprint density at radius 3 is 2.27 bits per heavy atom. The molecule has 0 heterocycles. The fourth-order valence-corrected chi connectivity index (χ4v) is 4.49. The number of ether oxygens (including phenoxy) is 2. The summed E-state index contributed by atoms with van der Waals surface area (Å²) in [5.74, 6) is -4.15. The van der Waals surface area contributed by atoms with Crippen LogP contribution in [0.15, 0.2) is 71.6 Å².